The molecular formula is C13H23N5O3. The molecule has 0 saturated heterocycles. The van der Waals surface area contributed by atoms with Crippen LogP contribution in [0.25, 0.3) is 0 Å². The number of hydrogen-bond donors (Lipinski definition) is 2. The molecule has 0 fully saturated rings. The van der Waals surface area contributed by atoms with Crippen LogP contribution in [0.2, 0.25) is 0 Å². The van der Waals surface area contributed by atoms with Gasteiger partial charge in [0, 0.05) is 19.6 Å². The zero-order chi connectivity index (χ0) is 15.8. The van der Waals surface area contributed by atoms with Gasteiger partial charge in [-0.3, -0.25) is 10.1 Å². The van der Waals surface area contributed by atoms with E-state index in [0.717, 1.165) is 12.8 Å². The van der Waals surface area contributed by atoms with Crippen LogP contribution < -0.4 is 10.2 Å². The first-order chi connectivity index (χ1) is 10.0. The molecule has 1 rings (SSSR count). The lowest BCUT2D eigenvalue weighted by molar-refractivity contribution is -0.385. The Kier molecular flexibility index (Phi) is 6.80. The molecule has 0 amide bonds. The van der Waals surface area contributed by atoms with Gasteiger partial charge in [0.1, 0.15) is 5.69 Å². The maximum atomic E-state index is 11.3. The third-order valence-corrected chi connectivity index (χ3v) is 2.92. The molecule has 0 atom stereocenters. The van der Waals surface area contributed by atoms with Crippen LogP contribution in [0.5, 0.6) is 0 Å². The normalized spacial score (nSPS) is 10.5. The summed E-state index contributed by atoms with van der Waals surface area (Å²) < 4.78 is 0. The zero-order valence-electron chi connectivity index (χ0n) is 12.8. The molecular weight excluding hydrogens is 274 g/mol. The first-order valence-electron chi connectivity index (χ1n) is 7.17. The van der Waals surface area contributed by atoms with E-state index in [9.17, 15) is 10.1 Å². The summed E-state index contributed by atoms with van der Waals surface area (Å²) in [7, 11) is 0. The maximum absolute atomic E-state index is 11.3. The Balaban J connectivity index is 3.27. The summed E-state index contributed by atoms with van der Waals surface area (Å²) in [5, 5.41) is 23.5. The second-order valence-electron chi connectivity index (χ2n) is 4.70. The van der Waals surface area contributed by atoms with Gasteiger partial charge in [-0.2, -0.15) is 4.98 Å². The van der Waals surface area contributed by atoms with Crippen molar-refractivity contribution >= 4 is 17.5 Å². The molecule has 118 valence electrons. The van der Waals surface area contributed by atoms with E-state index in [1.54, 1.807) is 11.8 Å². The fourth-order valence-electron chi connectivity index (χ4n) is 2.02. The minimum absolute atomic E-state index is 0.0854. The third kappa shape index (κ3) is 4.52. The molecule has 1 aromatic heterocycles. The summed E-state index contributed by atoms with van der Waals surface area (Å²) in [5.74, 6) is 0.649. The molecule has 0 aliphatic carbocycles. The Labute approximate surface area is 124 Å². The number of aliphatic hydroxyl groups excluding tert-OH is 1. The smallest absolute Gasteiger partial charge is 0.332 e. The molecule has 8 heteroatoms. The Morgan fingerprint density at radius 3 is 2.52 bits per heavy atom. The van der Waals surface area contributed by atoms with Crippen LogP contribution in [0.15, 0.2) is 0 Å². The quantitative estimate of drug-likeness (QED) is 0.528. The van der Waals surface area contributed by atoms with Gasteiger partial charge < -0.3 is 15.3 Å². The SMILES string of the molecule is CCCNc1nc(C)c([N+](=O)[O-])c(N(CCC)CCO)n1. The molecule has 0 saturated carbocycles. The van der Waals surface area contributed by atoms with Crippen LogP contribution in [-0.4, -0.2) is 46.2 Å². The fourth-order valence-corrected chi connectivity index (χ4v) is 2.02. The summed E-state index contributed by atoms with van der Waals surface area (Å²) in [6.07, 6.45) is 1.71. The van der Waals surface area contributed by atoms with E-state index >= 15 is 0 Å². The molecule has 0 spiro atoms. The van der Waals surface area contributed by atoms with Crippen molar-refractivity contribution < 1.29 is 10.0 Å². The fraction of sp³-hybridized carbons (Fsp3) is 0.692. The van der Waals surface area contributed by atoms with E-state index in [1.807, 2.05) is 13.8 Å². The molecule has 21 heavy (non-hydrogen) atoms. The third-order valence-electron chi connectivity index (χ3n) is 2.92. The van der Waals surface area contributed by atoms with Gasteiger partial charge in [0.25, 0.3) is 0 Å². The van der Waals surface area contributed by atoms with Crippen LogP contribution >= 0.6 is 0 Å². The van der Waals surface area contributed by atoms with E-state index in [4.69, 9.17) is 5.11 Å². The Bertz CT molecular complexity index is 475. The van der Waals surface area contributed by atoms with Crippen molar-refractivity contribution in [2.24, 2.45) is 0 Å². The van der Waals surface area contributed by atoms with E-state index in [2.05, 4.69) is 15.3 Å². The summed E-state index contributed by atoms with van der Waals surface area (Å²) in [5.41, 5.74) is 0.224. The van der Waals surface area contributed by atoms with Crippen molar-refractivity contribution in [3.8, 4) is 0 Å². The molecule has 0 radical (unpaired) electrons. The Morgan fingerprint density at radius 2 is 2.00 bits per heavy atom. The molecule has 0 aliphatic heterocycles. The molecule has 1 aromatic rings. The molecule has 0 unspecified atom stereocenters. The van der Waals surface area contributed by atoms with Gasteiger partial charge in [0.2, 0.25) is 11.8 Å². The highest BCUT2D eigenvalue weighted by atomic mass is 16.6. The van der Waals surface area contributed by atoms with Gasteiger partial charge in [0.05, 0.1) is 11.5 Å². The van der Waals surface area contributed by atoms with Crippen LogP contribution in [-0.2, 0) is 0 Å². The van der Waals surface area contributed by atoms with E-state index < -0.39 is 4.92 Å². The molecule has 0 aromatic carbocycles. The molecule has 8 nitrogen and oxygen atoms in total. The second-order valence-corrected chi connectivity index (χ2v) is 4.70. The number of aromatic nitrogens is 2. The van der Waals surface area contributed by atoms with Gasteiger partial charge >= 0.3 is 5.69 Å². The molecule has 0 aliphatic rings. The van der Waals surface area contributed by atoms with Crippen LogP contribution in [0.4, 0.5) is 17.5 Å². The standard InChI is InChI=1S/C13H23N5O3/c1-4-6-14-13-15-10(3)11(18(20)21)12(16-13)17(7-5-2)8-9-19/h19H,4-9H2,1-3H3,(H,14,15,16). The number of nitrogens with one attached hydrogen (secondary N) is 1. The predicted octanol–water partition coefficient (Wildman–Crippen LogP) is 1.72. The van der Waals surface area contributed by atoms with E-state index in [1.165, 1.54) is 0 Å². The molecule has 2 N–H and O–H groups in total. The van der Waals surface area contributed by atoms with Crippen LogP contribution in [0, 0.1) is 17.0 Å². The number of rotatable bonds is 9. The van der Waals surface area contributed by atoms with Crippen molar-refractivity contribution in [3.05, 3.63) is 15.8 Å². The minimum atomic E-state index is -0.464. The number of anilines is 2. The van der Waals surface area contributed by atoms with Gasteiger partial charge in [-0.15, -0.1) is 0 Å². The van der Waals surface area contributed by atoms with E-state index in [0.29, 0.717) is 31.3 Å². The maximum Gasteiger partial charge on any atom is 0.332 e. The summed E-state index contributed by atoms with van der Waals surface area (Å²) in [6, 6.07) is 0. The zero-order valence-corrected chi connectivity index (χ0v) is 12.8. The van der Waals surface area contributed by atoms with Gasteiger partial charge in [-0.1, -0.05) is 13.8 Å². The van der Waals surface area contributed by atoms with Crippen molar-refractivity contribution in [2.75, 3.05) is 36.5 Å². The van der Waals surface area contributed by atoms with Crippen molar-refractivity contribution in [1.29, 1.82) is 0 Å². The summed E-state index contributed by atoms with van der Waals surface area (Å²) >= 11 is 0. The lowest BCUT2D eigenvalue weighted by atomic mass is 10.3. The molecule has 1 heterocycles. The average molecular weight is 297 g/mol. The Hall–Kier alpha value is -1.96. The largest absolute Gasteiger partial charge is 0.395 e. The number of aryl methyl sites for hydroxylation is 1. The highest BCUT2D eigenvalue weighted by Gasteiger charge is 2.26. The Morgan fingerprint density at radius 1 is 1.29 bits per heavy atom. The first kappa shape index (κ1) is 17.1. The van der Waals surface area contributed by atoms with Gasteiger partial charge in [-0.25, -0.2) is 4.98 Å². The van der Waals surface area contributed by atoms with Crippen molar-refractivity contribution in [1.82, 2.24) is 9.97 Å². The van der Waals surface area contributed by atoms with Crippen molar-refractivity contribution in [2.45, 2.75) is 33.6 Å². The summed E-state index contributed by atoms with van der Waals surface area (Å²) in [4.78, 5) is 21.0. The number of nitrogens with zero attached hydrogens (tertiary/aromatic N) is 4. The molecule has 0 bridgehead atoms. The van der Waals surface area contributed by atoms with Crippen molar-refractivity contribution in [3.63, 3.8) is 0 Å². The minimum Gasteiger partial charge on any atom is -0.395 e. The van der Waals surface area contributed by atoms with Crippen LogP contribution in [0.1, 0.15) is 32.4 Å². The van der Waals surface area contributed by atoms with Gasteiger partial charge in [-0.05, 0) is 19.8 Å². The lowest BCUT2D eigenvalue weighted by Crippen LogP contribution is -2.29. The number of hydrogen-bond acceptors (Lipinski definition) is 7. The first-order valence-corrected chi connectivity index (χ1v) is 7.17. The number of aliphatic hydroxyl groups is 1. The average Bonchev–Trinajstić information content (AvgIpc) is 2.43. The summed E-state index contributed by atoms with van der Waals surface area (Å²) in [6.45, 7) is 7.09. The monoisotopic (exact) mass is 297 g/mol. The number of nitro groups is 1. The second kappa shape index (κ2) is 8.35. The van der Waals surface area contributed by atoms with Crippen LogP contribution in [0.3, 0.4) is 0 Å². The topological polar surface area (TPSA) is 104 Å². The lowest BCUT2D eigenvalue weighted by Gasteiger charge is -2.22. The highest BCUT2D eigenvalue weighted by Crippen LogP contribution is 2.29. The van der Waals surface area contributed by atoms with Gasteiger partial charge in [0.15, 0.2) is 0 Å². The predicted molar refractivity (Wildman–Crippen MR) is 81.8 cm³/mol. The highest BCUT2D eigenvalue weighted by molar-refractivity contribution is 5.62. The van der Waals surface area contributed by atoms with E-state index in [-0.39, 0.29) is 18.1 Å².